The molecule has 0 bridgehead atoms. The van der Waals surface area contributed by atoms with Gasteiger partial charge in [-0.15, -0.1) is 23.5 Å². The molecule has 0 aliphatic carbocycles. The highest BCUT2D eigenvalue weighted by Crippen LogP contribution is 2.62. The van der Waals surface area contributed by atoms with Gasteiger partial charge in [0.1, 0.15) is 17.6 Å². The number of aryl methyl sites for hydroxylation is 2. The van der Waals surface area contributed by atoms with Gasteiger partial charge in [-0.05, 0) is 56.2 Å². The molecular weight excluding hydrogens is 356 g/mol. The van der Waals surface area contributed by atoms with Crippen molar-refractivity contribution in [3.05, 3.63) is 47.5 Å². The maximum atomic E-state index is 6.46. The quantitative estimate of drug-likeness (QED) is 0.604. The Hall–Kier alpha value is -0.910. The Morgan fingerprint density at radius 1 is 0.917 bits per heavy atom. The number of benzene rings is 2. The number of hydrogen-bond donors (Lipinski definition) is 0. The third kappa shape index (κ3) is 2.28. The average molecular weight is 375 g/mol. The van der Waals surface area contributed by atoms with Gasteiger partial charge in [0.2, 0.25) is 0 Å². The summed E-state index contributed by atoms with van der Waals surface area (Å²) in [6, 6.07) is 12.9. The summed E-state index contributed by atoms with van der Waals surface area (Å²) < 4.78 is 13.3. The van der Waals surface area contributed by atoms with Crippen LogP contribution in [0.2, 0.25) is 0 Å². The molecule has 0 spiro atoms. The van der Waals surface area contributed by atoms with Gasteiger partial charge in [0, 0.05) is 0 Å². The van der Waals surface area contributed by atoms with Gasteiger partial charge in [-0.2, -0.15) is 0 Å². The average Bonchev–Trinajstić information content (AvgIpc) is 2.81. The van der Waals surface area contributed by atoms with Crippen LogP contribution in [0.1, 0.15) is 18.1 Å². The summed E-state index contributed by atoms with van der Waals surface area (Å²) in [5.74, 6) is 2.03. The summed E-state index contributed by atoms with van der Waals surface area (Å²) in [7, 11) is 0. The Balaban J connectivity index is 1.52. The van der Waals surface area contributed by atoms with E-state index in [0.717, 1.165) is 11.5 Å². The highest BCUT2D eigenvalue weighted by molar-refractivity contribution is 8.18. The molecule has 2 aromatic carbocycles. The van der Waals surface area contributed by atoms with Crippen molar-refractivity contribution in [1.29, 1.82) is 0 Å². The molecule has 4 atom stereocenters. The topological polar surface area (TPSA) is 18.5 Å². The Morgan fingerprint density at radius 3 is 2.33 bits per heavy atom. The van der Waals surface area contributed by atoms with Gasteiger partial charge >= 0.3 is 0 Å². The fraction of sp³-hybridized carbons (Fsp3) is 0.368. The molecular formula is C19H18O2S3. The highest BCUT2D eigenvalue weighted by Gasteiger charge is 2.59. The normalized spacial score (nSPS) is 32.7. The first-order valence-electron chi connectivity index (χ1n) is 8.10. The zero-order valence-corrected chi connectivity index (χ0v) is 16.2. The van der Waals surface area contributed by atoms with E-state index >= 15 is 0 Å². The zero-order valence-electron chi connectivity index (χ0n) is 13.7. The van der Waals surface area contributed by atoms with E-state index in [9.17, 15) is 0 Å². The standard InChI is InChI=1S/C19H18O2S3/c1-10-4-6-12-14(8-10)23-18-16(20-12)17-19(3,24-18)21-13-7-5-11(2)9-15(13)22-17/h4-9,16-18H,1-3H3. The van der Waals surface area contributed by atoms with Crippen LogP contribution in [0.3, 0.4) is 0 Å². The minimum absolute atomic E-state index is 0.166. The predicted octanol–water partition coefficient (Wildman–Crippen LogP) is 5.50. The molecule has 4 unspecified atom stereocenters. The molecule has 124 valence electrons. The van der Waals surface area contributed by atoms with Gasteiger partial charge < -0.3 is 9.47 Å². The lowest BCUT2D eigenvalue weighted by Crippen LogP contribution is -2.45. The molecule has 1 saturated heterocycles. The van der Waals surface area contributed by atoms with E-state index in [1.54, 1.807) is 0 Å². The van der Waals surface area contributed by atoms with Crippen LogP contribution in [0, 0.1) is 13.8 Å². The lowest BCUT2D eigenvalue weighted by molar-refractivity contribution is 0.121. The highest BCUT2D eigenvalue weighted by atomic mass is 32.2. The molecule has 0 amide bonds. The van der Waals surface area contributed by atoms with E-state index in [1.807, 2.05) is 35.3 Å². The first-order valence-corrected chi connectivity index (χ1v) is 10.7. The zero-order chi connectivity index (χ0) is 16.5. The Morgan fingerprint density at radius 2 is 1.58 bits per heavy atom. The summed E-state index contributed by atoms with van der Waals surface area (Å²) in [4.78, 5) is 2.25. The molecule has 24 heavy (non-hydrogen) atoms. The van der Waals surface area contributed by atoms with Gasteiger partial charge in [-0.1, -0.05) is 23.9 Å². The maximum absolute atomic E-state index is 6.46. The number of hydrogen-bond acceptors (Lipinski definition) is 5. The molecule has 1 fully saturated rings. The van der Waals surface area contributed by atoms with Crippen LogP contribution >= 0.6 is 35.3 Å². The second kappa shape index (κ2) is 5.29. The smallest absolute Gasteiger partial charge is 0.168 e. The van der Waals surface area contributed by atoms with Crippen molar-refractivity contribution in [3.8, 4) is 11.5 Å². The van der Waals surface area contributed by atoms with Crippen LogP contribution < -0.4 is 9.47 Å². The van der Waals surface area contributed by atoms with Crippen LogP contribution in [-0.4, -0.2) is 20.9 Å². The largest absolute Gasteiger partial charge is 0.486 e. The van der Waals surface area contributed by atoms with Crippen molar-refractivity contribution in [2.75, 3.05) is 0 Å². The number of thioether (sulfide) groups is 3. The van der Waals surface area contributed by atoms with E-state index in [2.05, 4.69) is 57.2 Å². The van der Waals surface area contributed by atoms with Crippen LogP contribution in [0.25, 0.3) is 0 Å². The van der Waals surface area contributed by atoms with Crippen LogP contribution in [0.15, 0.2) is 46.2 Å². The molecule has 2 nitrogen and oxygen atoms in total. The van der Waals surface area contributed by atoms with Crippen molar-refractivity contribution >= 4 is 35.3 Å². The van der Waals surface area contributed by atoms with Gasteiger partial charge in [0.15, 0.2) is 4.93 Å². The molecule has 3 aliphatic rings. The monoisotopic (exact) mass is 374 g/mol. The fourth-order valence-corrected chi connectivity index (χ4v) is 8.74. The Labute approximate surface area is 155 Å². The van der Waals surface area contributed by atoms with Gasteiger partial charge in [-0.25, -0.2) is 0 Å². The van der Waals surface area contributed by atoms with Crippen molar-refractivity contribution in [3.63, 3.8) is 0 Å². The first kappa shape index (κ1) is 15.4. The summed E-state index contributed by atoms with van der Waals surface area (Å²) in [6.45, 7) is 6.48. The molecule has 0 aromatic heterocycles. The summed E-state index contributed by atoms with van der Waals surface area (Å²) in [5.41, 5.74) is 2.55. The van der Waals surface area contributed by atoms with E-state index in [0.29, 0.717) is 9.83 Å². The molecule has 3 heterocycles. The second-order valence-electron chi connectivity index (χ2n) is 6.74. The Kier molecular flexibility index (Phi) is 3.39. The minimum Gasteiger partial charge on any atom is -0.486 e. The molecule has 0 saturated carbocycles. The number of rotatable bonds is 0. The summed E-state index contributed by atoms with van der Waals surface area (Å²) in [5, 5.41) is 0.295. The fourth-order valence-electron chi connectivity index (χ4n) is 3.49. The first-order chi connectivity index (χ1) is 11.5. The third-order valence-electron chi connectivity index (χ3n) is 4.70. The lowest BCUT2D eigenvalue weighted by atomic mass is 10.1. The maximum Gasteiger partial charge on any atom is 0.168 e. The number of fused-ring (bicyclic) bond motifs is 5. The molecule has 0 radical (unpaired) electrons. The lowest BCUT2D eigenvalue weighted by Gasteiger charge is -2.38. The third-order valence-corrected chi connectivity index (χ3v) is 9.36. The van der Waals surface area contributed by atoms with Gasteiger partial charge in [0.25, 0.3) is 0 Å². The molecule has 5 heteroatoms. The van der Waals surface area contributed by atoms with Crippen LogP contribution in [0.5, 0.6) is 11.5 Å². The molecule has 0 N–H and O–H groups in total. The van der Waals surface area contributed by atoms with Gasteiger partial charge in [-0.3, -0.25) is 0 Å². The van der Waals surface area contributed by atoms with Crippen LogP contribution in [0.4, 0.5) is 0 Å². The second-order valence-corrected chi connectivity index (χ2v) is 11.0. The van der Waals surface area contributed by atoms with E-state index in [-0.39, 0.29) is 11.0 Å². The van der Waals surface area contributed by atoms with Crippen molar-refractivity contribution < 1.29 is 9.47 Å². The predicted molar refractivity (Wildman–Crippen MR) is 103 cm³/mol. The minimum atomic E-state index is -0.244. The molecule has 3 aliphatic heterocycles. The SMILES string of the molecule is Cc1ccc2c(c1)SC1SC3(C)Oc4ccc(C)cc4SC3C1O2. The van der Waals surface area contributed by atoms with Crippen molar-refractivity contribution in [2.24, 2.45) is 0 Å². The van der Waals surface area contributed by atoms with Crippen LogP contribution in [-0.2, 0) is 0 Å². The van der Waals surface area contributed by atoms with Crippen molar-refractivity contribution in [2.45, 2.75) is 51.4 Å². The van der Waals surface area contributed by atoms with E-state index in [4.69, 9.17) is 9.47 Å². The number of ether oxygens (including phenoxy) is 2. The van der Waals surface area contributed by atoms with Crippen molar-refractivity contribution in [1.82, 2.24) is 0 Å². The van der Waals surface area contributed by atoms with Gasteiger partial charge in [0.05, 0.1) is 19.6 Å². The molecule has 2 aromatic rings. The molecule has 5 rings (SSSR count). The summed E-state index contributed by atoms with van der Waals surface area (Å²) in [6.07, 6.45) is 0.166. The van der Waals surface area contributed by atoms with E-state index in [1.165, 1.54) is 20.9 Å². The Bertz CT molecular complexity index is 837. The van der Waals surface area contributed by atoms with E-state index < -0.39 is 0 Å². The summed E-state index contributed by atoms with van der Waals surface area (Å²) >= 11 is 5.77.